The number of allylic oxidation sites excluding steroid dienone is 8. The number of hydrogen-bond donors (Lipinski definition) is 1. The number of pyridine rings is 1. The Balaban J connectivity index is 2.27. The van der Waals surface area contributed by atoms with Gasteiger partial charge in [0.2, 0.25) is 11.8 Å². The fourth-order valence-corrected chi connectivity index (χ4v) is 5.76. The van der Waals surface area contributed by atoms with Gasteiger partial charge < -0.3 is 19.5 Å². The molecule has 1 N–H and O–H groups in total. The van der Waals surface area contributed by atoms with Crippen LogP contribution in [0.4, 0.5) is 0 Å². The van der Waals surface area contributed by atoms with Gasteiger partial charge >= 0.3 is 5.97 Å². The van der Waals surface area contributed by atoms with E-state index in [-0.39, 0.29) is 12.6 Å². The molecule has 1 rings (SSSR count). The normalized spacial score (nSPS) is 11.9. The van der Waals surface area contributed by atoms with E-state index in [0.29, 0.717) is 37.9 Å². The number of aromatic nitrogens is 1. The van der Waals surface area contributed by atoms with Crippen molar-refractivity contribution in [2.45, 2.75) is 181 Å². The van der Waals surface area contributed by atoms with E-state index in [4.69, 9.17) is 14.2 Å². The summed E-state index contributed by atoms with van der Waals surface area (Å²) < 4.78 is 17.6. The molecule has 1 aromatic rings. The molecule has 0 atom stereocenters. The zero-order valence-corrected chi connectivity index (χ0v) is 33.9. The molecule has 0 aliphatic rings. The molecule has 0 aliphatic carbocycles. The summed E-state index contributed by atoms with van der Waals surface area (Å²) in [6, 6.07) is 3.74. The van der Waals surface area contributed by atoms with E-state index in [0.717, 1.165) is 44.1 Å². The fourth-order valence-electron chi connectivity index (χ4n) is 5.76. The molecule has 0 aliphatic heterocycles. The summed E-state index contributed by atoms with van der Waals surface area (Å²) in [4.78, 5) is 16.7. The molecule has 0 bridgehead atoms. The number of carbonyl (C=O) groups is 1. The molecule has 0 saturated heterocycles. The summed E-state index contributed by atoms with van der Waals surface area (Å²) >= 11 is 0. The van der Waals surface area contributed by atoms with Crippen LogP contribution in [-0.2, 0) is 16.1 Å². The highest BCUT2D eigenvalue weighted by Gasteiger charge is 2.09. The van der Waals surface area contributed by atoms with Crippen LogP contribution in [0.1, 0.15) is 180 Å². The number of hydrogen-bond acceptors (Lipinski definition) is 6. The molecule has 0 fully saturated rings. The van der Waals surface area contributed by atoms with Crippen LogP contribution in [-0.4, -0.2) is 37.8 Å². The number of ether oxygens (including phenoxy) is 3. The van der Waals surface area contributed by atoms with Crippen molar-refractivity contribution in [1.82, 2.24) is 10.3 Å². The molecule has 6 heteroatoms. The summed E-state index contributed by atoms with van der Waals surface area (Å²) in [5.41, 5.74) is 0.840. The van der Waals surface area contributed by atoms with Crippen LogP contribution in [0.5, 0.6) is 11.8 Å². The molecular formula is C46H78N2O4. The lowest BCUT2D eigenvalue weighted by atomic mass is 10.1. The van der Waals surface area contributed by atoms with Gasteiger partial charge in [0.05, 0.1) is 19.6 Å². The molecule has 0 aromatic carbocycles. The summed E-state index contributed by atoms with van der Waals surface area (Å²) in [7, 11) is 1.83. The van der Waals surface area contributed by atoms with Crippen molar-refractivity contribution in [1.29, 1.82) is 0 Å². The summed E-state index contributed by atoms with van der Waals surface area (Å²) in [5, 5.41) is 2.98. The van der Waals surface area contributed by atoms with Gasteiger partial charge in [0, 0.05) is 24.2 Å². The van der Waals surface area contributed by atoms with E-state index in [9.17, 15) is 4.79 Å². The summed E-state index contributed by atoms with van der Waals surface area (Å²) in [5.74, 6) is 0.857. The Morgan fingerprint density at radius 1 is 0.577 bits per heavy atom. The second kappa shape index (κ2) is 37.9. The molecular weight excluding hydrogens is 645 g/mol. The Morgan fingerprint density at radius 3 is 1.40 bits per heavy atom. The molecule has 0 unspecified atom stereocenters. The Kier molecular flexibility index (Phi) is 34.4. The van der Waals surface area contributed by atoms with E-state index in [1.54, 1.807) is 0 Å². The van der Waals surface area contributed by atoms with Crippen LogP contribution in [0, 0.1) is 0 Å². The van der Waals surface area contributed by atoms with Crippen LogP contribution in [0.15, 0.2) is 60.7 Å². The van der Waals surface area contributed by atoms with E-state index >= 15 is 0 Å². The first kappa shape index (κ1) is 47.2. The predicted octanol–water partition coefficient (Wildman–Crippen LogP) is 13.1. The number of unbranched alkanes of at least 4 members (excludes halogenated alkanes) is 18. The minimum atomic E-state index is -0.223. The number of carbonyl (C=O) groups excluding carboxylic acids is 1. The first-order chi connectivity index (χ1) is 25.7. The topological polar surface area (TPSA) is 69.7 Å². The highest BCUT2D eigenvalue weighted by Crippen LogP contribution is 2.20. The summed E-state index contributed by atoms with van der Waals surface area (Å²) in [6.45, 7) is 6.54. The number of nitrogens with zero attached hydrogens (tertiary/aromatic N) is 1. The maximum absolute atomic E-state index is 12.1. The molecule has 0 saturated carbocycles. The Labute approximate surface area is 320 Å². The first-order valence-electron chi connectivity index (χ1n) is 21.4. The van der Waals surface area contributed by atoms with E-state index in [1.165, 1.54) is 116 Å². The maximum Gasteiger partial charge on any atom is 0.307 e. The third-order valence-corrected chi connectivity index (χ3v) is 9.01. The lowest BCUT2D eigenvalue weighted by molar-refractivity contribution is -0.144. The van der Waals surface area contributed by atoms with Gasteiger partial charge in [0.1, 0.15) is 6.61 Å². The average Bonchev–Trinajstić information content (AvgIpc) is 3.15. The molecule has 1 heterocycles. The first-order valence-corrected chi connectivity index (χ1v) is 21.4. The van der Waals surface area contributed by atoms with E-state index < -0.39 is 0 Å². The van der Waals surface area contributed by atoms with Crippen LogP contribution < -0.4 is 14.8 Å². The molecule has 0 radical (unpaired) electrons. The lowest BCUT2D eigenvalue weighted by Gasteiger charge is -2.12. The van der Waals surface area contributed by atoms with Crippen LogP contribution in [0.25, 0.3) is 0 Å². The van der Waals surface area contributed by atoms with Crippen molar-refractivity contribution < 1.29 is 19.0 Å². The monoisotopic (exact) mass is 723 g/mol. The summed E-state index contributed by atoms with van der Waals surface area (Å²) in [6.07, 6.45) is 48.1. The van der Waals surface area contributed by atoms with Crippen molar-refractivity contribution in [3.8, 4) is 11.8 Å². The standard InChI is InChI=1S/C46H78N2O4/c1-4-6-8-10-12-14-16-18-20-22-24-26-28-30-32-34-38-50-44-40-43(42-52-46(49)36-37-47-3)41-45(48-44)51-39-35-33-31-29-27-25-23-21-19-17-15-13-11-9-7-5-2/h12-15,18-21,40-41,47H,4-11,16-17,22-39,42H2,1-3H3/b14-12-,15-13-,20-18-,21-19-. The Bertz CT molecular complexity index is 996. The highest BCUT2D eigenvalue weighted by molar-refractivity contribution is 5.69. The lowest BCUT2D eigenvalue weighted by Crippen LogP contribution is -2.15. The van der Waals surface area contributed by atoms with E-state index in [1.807, 2.05) is 19.2 Å². The van der Waals surface area contributed by atoms with Gasteiger partial charge in [-0.25, -0.2) is 0 Å². The van der Waals surface area contributed by atoms with Gasteiger partial charge in [-0.15, -0.1) is 0 Å². The number of nitrogens with one attached hydrogen (secondary N) is 1. The molecule has 52 heavy (non-hydrogen) atoms. The van der Waals surface area contributed by atoms with Crippen molar-refractivity contribution in [3.05, 3.63) is 66.3 Å². The predicted molar refractivity (Wildman–Crippen MR) is 222 cm³/mol. The molecule has 296 valence electrons. The van der Waals surface area contributed by atoms with Crippen molar-refractivity contribution in [2.75, 3.05) is 26.8 Å². The van der Waals surface area contributed by atoms with Gasteiger partial charge in [0.15, 0.2) is 0 Å². The SMILES string of the molecule is CCCCC/C=C\C/C=C\CCCCCCCCOc1cc(COC(=O)CCNC)cc(OCCCCCCCC/C=C\C/C=C\CCCCC)n1. The highest BCUT2D eigenvalue weighted by atomic mass is 16.5. The molecule has 6 nitrogen and oxygen atoms in total. The van der Waals surface area contributed by atoms with Gasteiger partial charge in [0.25, 0.3) is 0 Å². The average molecular weight is 723 g/mol. The van der Waals surface area contributed by atoms with Gasteiger partial charge in [-0.2, -0.15) is 4.98 Å². The minimum absolute atomic E-state index is 0.188. The van der Waals surface area contributed by atoms with Crippen LogP contribution >= 0.6 is 0 Å². The molecule has 0 spiro atoms. The third kappa shape index (κ3) is 31.8. The molecule has 1 aromatic heterocycles. The van der Waals surface area contributed by atoms with E-state index in [2.05, 4.69) is 72.8 Å². The minimum Gasteiger partial charge on any atom is -0.478 e. The van der Waals surface area contributed by atoms with Gasteiger partial charge in [-0.05, 0) is 84.1 Å². The number of esters is 1. The Hall–Kier alpha value is -2.86. The fraction of sp³-hybridized carbons (Fsp3) is 0.696. The largest absolute Gasteiger partial charge is 0.478 e. The van der Waals surface area contributed by atoms with Crippen LogP contribution in [0.2, 0.25) is 0 Å². The van der Waals surface area contributed by atoms with Crippen molar-refractivity contribution in [3.63, 3.8) is 0 Å². The quantitative estimate of drug-likeness (QED) is 0.0419. The van der Waals surface area contributed by atoms with Gasteiger partial charge in [-0.1, -0.05) is 140 Å². The second-order valence-corrected chi connectivity index (χ2v) is 14.0. The van der Waals surface area contributed by atoms with Crippen molar-refractivity contribution in [2.24, 2.45) is 0 Å². The molecule has 0 amide bonds. The van der Waals surface area contributed by atoms with Gasteiger partial charge in [-0.3, -0.25) is 4.79 Å². The third-order valence-electron chi connectivity index (χ3n) is 9.01. The number of rotatable bonds is 37. The van der Waals surface area contributed by atoms with Crippen LogP contribution in [0.3, 0.4) is 0 Å². The van der Waals surface area contributed by atoms with Crippen molar-refractivity contribution >= 4 is 5.97 Å². The maximum atomic E-state index is 12.1. The second-order valence-electron chi connectivity index (χ2n) is 14.0. The Morgan fingerprint density at radius 2 is 0.981 bits per heavy atom. The zero-order chi connectivity index (χ0) is 37.4. The smallest absolute Gasteiger partial charge is 0.307 e. The zero-order valence-electron chi connectivity index (χ0n) is 33.9.